The smallest absolute Gasteiger partial charge is 0.171 e. The molecule has 0 heterocycles. The second kappa shape index (κ2) is 17.3. The van der Waals surface area contributed by atoms with Crippen LogP contribution in [0, 0.1) is 0 Å². The van der Waals surface area contributed by atoms with Crippen LogP contribution in [-0.2, 0) is 49.9 Å². The first-order chi connectivity index (χ1) is 22.8. The van der Waals surface area contributed by atoms with Crippen LogP contribution in [-0.4, -0.2) is 22.5 Å². The average Bonchev–Trinajstić information content (AvgIpc) is 3.13. The molecule has 0 saturated carbocycles. The molecule has 6 aromatic rings. The molecular formula is C42H42NS3+3. The maximum Gasteiger partial charge on any atom is 0.175 e. The molecule has 1 nitrogen and oxygen atoms in total. The van der Waals surface area contributed by atoms with E-state index in [1.165, 1.54) is 31.4 Å². The summed E-state index contributed by atoms with van der Waals surface area (Å²) in [7, 11) is 0.0820. The highest BCUT2D eigenvalue weighted by Crippen LogP contribution is 2.27. The van der Waals surface area contributed by atoms with Gasteiger partial charge in [-0.1, -0.05) is 146 Å². The van der Waals surface area contributed by atoms with Crippen LogP contribution in [0.3, 0.4) is 0 Å². The number of rotatable bonds is 15. The van der Waals surface area contributed by atoms with Gasteiger partial charge in [0.1, 0.15) is 17.3 Å². The summed E-state index contributed by atoms with van der Waals surface area (Å²) in [5.74, 6) is 6.27. The summed E-state index contributed by atoms with van der Waals surface area (Å²) in [6.07, 6.45) is 0. The summed E-state index contributed by atoms with van der Waals surface area (Å²) in [6, 6.07) is 66.9. The van der Waals surface area contributed by atoms with Crippen molar-refractivity contribution in [3.63, 3.8) is 0 Å². The zero-order valence-electron chi connectivity index (χ0n) is 26.2. The summed E-state index contributed by atoms with van der Waals surface area (Å²) >= 11 is 0. The molecule has 6 rings (SSSR count). The fourth-order valence-electron chi connectivity index (χ4n) is 5.55. The Hall–Kier alpha value is -3.67. The molecule has 3 atom stereocenters. The fourth-order valence-corrected chi connectivity index (χ4v) is 12.4. The standard InChI is InChI=1S/C42H42NS3/c1-7-19-37(20-8-1)31-44(40-25-13-4-14-26-40)34-43(35-45(41-27-15-5-16-28-41)32-38-21-9-2-10-22-38)36-46(42-29-17-6-18-30-42)33-39-23-11-3-12-24-39/h1-30H,31-36H2/q+3. The first kappa shape index (κ1) is 32.3. The van der Waals surface area contributed by atoms with E-state index >= 15 is 0 Å². The van der Waals surface area contributed by atoms with Crippen LogP contribution in [0.2, 0.25) is 0 Å². The molecule has 4 heteroatoms. The van der Waals surface area contributed by atoms with E-state index in [0.29, 0.717) is 0 Å². The van der Waals surface area contributed by atoms with Gasteiger partial charge in [-0.15, -0.1) is 0 Å². The van der Waals surface area contributed by atoms with Crippen LogP contribution in [0.5, 0.6) is 0 Å². The molecule has 0 saturated heterocycles. The lowest BCUT2D eigenvalue weighted by Gasteiger charge is -2.22. The lowest BCUT2D eigenvalue weighted by molar-refractivity contribution is 0.439. The molecule has 0 aliphatic carbocycles. The van der Waals surface area contributed by atoms with Gasteiger partial charge in [-0.2, -0.15) is 4.90 Å². The van der Waals surface area contributed by atoms with E-state index in [9.17, 15) is 0 Å². The van der Waals surface area contributed by atoms with Gasteiger partial charge in [0, 0.05) is 49.4 Å². The summed E-state index contributed by atoms with van der Waals surface area (Å²) in [6.45, 7) is 0. The van der Waals surface area contributed by atoms with Crippen LogP contribution >= 0.6 is 0 Å². The second-order valence-electron chi connectivity index (χ2n) is 11.4. The molecule has 0 aliphatic rings. The molecule has 0 fully saturated rings. The van der Waals surface area contributed by atoms with Crippen LogP contribution in [0.4, 0.5) is 0 Å². The van der Waals surface area contributed by atoms with Gasteiger partial charge in [0.05, 0.1) is 0 Å². The van der Waals surface area contributed by atoms with Crippen molar-refractivity contribution in [1.82, 2.24) is 4.90 Å². The Kier molecular flexibility index (Phi) is 12.1. The van der Waals surface area contributed by atoms with Gasteiger partial charge in [-0.25, -0.2) is 0 Å². The summed E-state index contributed by atoms with van der Waals surface area (Å²) in [5, 5.41) is 0. The van der Waals surface area contributed by atoms with Crippen molar-refractivity contribution in [2.24, 2.45) is 0 Å². The van der Waals surface area contributed by atoms with Crippen molar-refractivity contribution >= 4 is 32.7 Å². The minimum absolute atomic E-state index is 0.0273. The highest BCUT2D eigenvalue weighted by molar-refractivity contribution is 7.97. The van der Waals surface area contributed by atoms with E-state index in [2.05, 4.69) is 187 Å². The molecular weight excluding hydrogens is 615 g/mol. The predicted molar refractivity (Wildman–Crippen MR) is 203 cm³/mol. The second-order valence-corrected chi connectivity index (χ2v) is 17.4. The van der Waals surface area contributed by atoms with E-state index in [4.69, 9.17) is 0 Å². The van der Waals surface area contributed by atoms with Gasteiger partial charge in [-0.05, 0) is 36.4 Å². The predicted octanol–water partition coefficient (Wildman–Crippen LogP) is 9.79. The van der Waals surface area contributed by atoms with Gasteiger partial charge in [0.2, 0.25) is 0 Å². The first-order valence-corrected chi connectivity index (χ1v) is 20.5. The lowest BCUT2D eigenvalue weighted by Crippen LogP contribution is -2.39. The number of hydrogen-bond acceptors (Lipinski definition) is 1. The summed E-state index contributed by atoms with van der Waals surface area (Å²) in [5.41, 5.74) is 4.23. The molecule has 0 radical (unpaired) electrons. The molecule has 0 spiro atoms. The summed E-state index contributed by atoms with van der Waals surface area (Å²) in [4.78, 5) is 7.17. The third kappa shape index (κ3) is 9.67. The Morgan fingerprint density at radius 3 is 0.739 bits per heavy atom. The van der Waals surface area contributed by atoms with Crippen LogP contribution in [0.15, 0.2) is 197 Å². The fraction of sp³-hybridized carbons (Fsp3) is 0.143. The zero-order valence-corrected chi connectivity index (χ0v) is 28.7. The molecule has 0 amide bonds. The van der Waals surface area contributed by atoms with E-state index in [0.717, 1.165) is 34.9 Å². The van der Waals surface area contributed by atoms with Gasteiger partial charge in [-0.3, -0.25) is 0 Å². The molecule has 230 valence electrons. The largest absolute Gasteiger partial charge is 0.175 e. The maximum absolute atomic E-state index is 2.83. The zero-order chi connectivity index (χ0) is 31.2. The van der Waals surface area contributed by atoms with E-state index in [1.54, 1.807) is 0 Å². The molecule has 0 N–H and O–H groups in total. The number of benzene rings is 6. The Balaban J connectivity index is 1.37. The third-order valence-electron chi connectivity index (χ3n) is 7.80. The molecule has 6 aromatic carbocycles. The third-order valence-corrected chi connectivity index (χ3v) is 14.7. The lowest BCUT2D eigenvalue weighted by atomic mass is 10.2. The van der Waals surface area contributed by atoms with E-state index < -0.39 is 0 Å². The minimum Gasteiger partial charge on any atom is -0.171 e. The van der Waals surface area contributed by atoms with E-state index in [1.807, 2.05) is 0 Å². The highest BCUT2D eigenvalue weighted by atomic mass is 32.2. The van der Waals surface area contributed by atoms with Crippen LogP contribution < -0.4 is 0 Å². The quantitative estimate of drug-likeness (QED) is 0.0995. The number of nitrogens with zero attached hydrogens (tertiary/aromatic N) is 1. The minimum atomic E-state index is 0.0273. The van der Waals surface area contributed by atoms with Crippen molar-refractivity contribution in [2.45, 2.75) is 31.9 Å². The first-order valence-electron chi connectivity index (χ1n) is 15.8. The van der Waals surface area contributed by atoms with Crippen LogP contribution in [0.1, 0.15) is 16.7 Å². The maximum atomic E-state index is 2.83. The average molecular weight is 657 g/mol. The van der Waals surface area contributed by atoms with Crippen molar-refractivity contribution in [3.05, 3.63) is 199 Å². The Morgan fingerprint density at radius 1 is 0.283 bits per heavy atom. The van der Waals surface area contributed by atoms with Crippen LogP contribution in [0.25, 0.3) is 0 Å². The number of hydrogen-bond donors (Lipinski definition) is 0. The normalized spacial score (nSPS) is 13.2. The topological polar surface area (TPSA) is 3.24 Å². The van der Waals surface area contributed by atoms with Crippen molar-refractivity contribution < 1.29 is 0 Å². The van der Waals surface area contributed by atoms with Crippen molar-refractivity contribution in [3.8, 4) is 0 Å². The molecule has 0 bridgehead atoms. The molecule has 46 heavy (non-hydrogen) atoms. The Morgan fingerprint density at radius 2 is 0.500 bits per heavy atom. The van der Waals surface area contributed by atoms with Gasteiger partial charge >= 0.3 is 0 Å². The van der Waals surface area contributed by atoms with Gasteiger partial charge < -0.3 is 0 Å². The SMILES string of the molecule is c1ccc(C[S+](CN(C[S+](Cc2ccccc2)c2ccccc2)C[S+](Cc2ccccc2)c2ccccc2)c2ccccc2)cc1. The Labute approximate surface area is 284 Å². The molecule has 0 aromatic heterocycles. The molecule has 3 unspecified atom stereocenters. The van der Waals surface area contributed by atoms with Gasteiger partial charge in [0.15, 0.2) is 32.3 Å². The molecule has 0 aliphatic heterocycles. The summed E-state index contributed by atoms with van der Waals surface area (Å²) < 4.78 is 0. The van der Waals surface area contributed by atoms with Crippen molar-refractivity contribution in [1.29, 1.82) is 0 Å². The highest BCUT2D eigenvalue weighted by Gasteiger charge is 2.37. The van der Waals surface area contributed by atoms with Crippen molar-refractivity contribution in [2.75, 3.05) is 17.6 Å². The van der Waals surface area contributed by atoms with Gasteiger partial charge in [0.25, 0.3) is 0 Å². The van der Waals surface area contributed by atoms with E-state index in [-0.39, 0.29) is 32.7 Å². The Bertz CT molecular complexity index is 1480. The monoisotopic (exact) mass is 656 g/mol.